The van der Waals surface area contributed by atoms with Crippen LogP contribution in [-0.4, -0.2) is 22.2 Å². The molecule has 0 aliphatic rings. The van der Waals surface area contributed by atoms with Gasteiger partial charge in [0.2, 0.25) is 5.95 Å². The van der Waals surface area contributed by atoms with Crippen LogP contribution < -0.4 is 16.2 Å². The van der Waals surface area contributed by atoms with Gasteiger partial charge in [0.25, 0.3) is 0 Å². The lowest BCUT2D eigenvalue weighted by Crippen LogP contribution is -2.05. The fraction of sp³-hybridized carbons (Fsp3) is 0.0833. The Morgan fingerprint density at radius 3 is 2.65 bits per heavy atom. The highest BCUT2D eigenvalue weighted by atomic mass is 35.5. The summed E-state index contributed by atoms with van der Waals surface area (Å²) in [7, 11) is 1.42. The first-order valence-electron chi connectivity index (χ1n) is 5.38. The van der Waals surface area contributed by atoms with E-state index >= 15 is 0 Å². The maximum atomic E-state index is 10.1. The van der Waals surface area contributed by atoms with E-state index in [1.807, 2.05) is 6.07 Å². The predicted molar refractivity (Wildman–Crippen MR) is 74.2 cm³/mol. The zero-order valence-corrected chi connectivity index (χ0v) is 11.1. The van der Waals surface area contributed by atoms with Crippen LogP contribution in [0.15, 0.2) is 12.1 Å². The van der Waals surface area contributed by atoms with Gasteiger partial charge in [-0.15, -0.1) is 0 Å². The summed E-state index contributed by atoms with van der Waals surface area (Å²) in [5.74, 6) is -0.161. The minimum Gasteiger partial charge on any atom is -0.506 e. The molecular weight excluding hydrogens is 282 g/mol. The van der Waals surface area contributed by atoms with Gasteiger partial charge in [0.15, 0.2) is 0 Å². The molecule has 8 heteroatoms. The van der Waals surface area contributed by atoms with Gasteiger partial charge in [-0.2, -0.15) is 10.2 Å². The number of nitrogens with zero attached hydrogens (tertiary/aromatic N) is 3. The minimum atomic E-state index is -0.278. The topological polar surface area (TPSA) is 131 Å². The Bertz CT molecular complexity index is 727. The largest absolute Gasteiger partial charge is 0.506 e. The first-order chi connectivity index (χ1) is 9.49. The zero-order chi connectivity index (χ0) is 14.9. The molecule has 0 spiro atoms. The van der Waals surface area contributed by atoms with Gasteiger partial charge in [0, 0.05) is 5.56 Å². The number of nitriles is 1. The molecule has 1 aromatic carbocycles. The van der Waals surface area contributed by atoms with Crippen LogP contribution in [-0.2, 0) is 0 Å². The highest BCUT2D eigenvalue weighted by Gasteiger charge is 2.19. The number of benzene rings is 1. The van der Waals surface area contributed by atoms with Crippen LogP contribution in [0, 0.1) is 11.3 Å². The number of nitrogen functional groups attached to an aromatic ring is 2. The van der Waals surface area contributed by atoms with Crippen molar-refractivity contribution in [1.82, 2.24) is 9.97 Å². The van der Waals surface area contributed by atoms with E-state index in [1.165, 1.54) is 19.2 Å². The van der Waals surface area contributed by atoms with Crippen LogP contribution in [0.1, 0.15) is 5.56 Å². The standard InChI is InChI=1S/C12H10ClN5O2/c1-20-7-3-2-5(10(19)8(7)13)9-6(4-14)11(15)18-12(16)17-9/h2-3,19H,1H3,(H4,15,16,17,18). The molecular formula is C12H10ClN5O2. The fourth-order valence-electron chi connectivity index (χ4n) is 1.70. The van der Waals surface area contributed by atoms with Crippen LogP contribution in [0.5, 0.6) is 11.5 Å². The van der Waals surface area contributed by atoms with E-state index < -0.39 is 0 Å². The second kappa shape index (κ2) is 5.11. The van der Waals surface area contributed by atoms with Crippen molar-refractivity contribution in [2.75, 3.05) is 18.6 Å². The van der Waals surface area contributed by atoms with Gasteiger partial charge < -0.3 is 21.3 Å². The lowest BCUT2D eigenvalue weighted by molar-refractivity contribution is 0.408. The molecule has 1 heterocycles. The third-order valence-corrected chi connectivity index (χ3v) is 2.99. The first-order valence-corrected chi connectivity index (χ1v) is 5.76. The van der Waals surface area contributed by atoms with Crippen LogP contribution in [0.3, 0.4) is 0 Å². The molecule has 1 aromatic heterocycles. The number of ether oxygens (including phenoxy) is 1. The zero-order valence-electron chi connectivity index (χ0n) is 10.4. The van der Waals surface area contributed by atoms with Crippen molar-refractivity contribution in [3.63, 3.8) is 0 Å². The van der Waals surface area contributed by atoms with E-state index in [0.29, 0.717) is 5.75 Å². The Labute approximate surface area is 119 Å². The molecule has 0 amide bonds. The predicted octanol–water partition coefficient (Wildman–Crippen LogP) is 1.55. The molecule has 0 saturated carbocycles. The van der Waals surface area contributed by atoms with E-state index in [2.05, 4.69) is 9.97 Å². The summed E-state index contributed by atoms with van der Waals surface area (Å²) in [5, 5.41) is 19.2. The number of methoxy groups -OCH3 is 1. The monoisotopic (exact) mass is 291 g/mol. The van der Waals surface area contributed by atoms with Crippen LogP contribution in [0.2, 0.25) is 5.02 Å². The molecule has 0 aliphatic carbocycles. The van der Waals surface area contributed by atoms with Gasteiger partial charge in [-0.05, 0) is 12.1 Å². The molecule has 0 aliphatic heterocycles. The number of hydrogen-bond donors (Lipinski definition) is 3. The third-order valence-electron chi connectivity index (χ3n) is 2.62. The molecule has 0 saturated heterocycles. The lowest BCUT2D eigenvalue weighted by atomic mass is 10.1. The Hall–Kier alpha value is -2.72. The second-order valence-corrected chi connectivity index (χ2v) is 4.16. The van der Waals surface area contributed by atoms with Crippen molar-refractivity contribution >= 4 is 23.4 Å². The Kier molecular flexibility index (Phi) is 3.50. The van der Waals surface area contributed by atoms with Crippen LogP contribution in [0.25, 0.3) is 11.3 Å². The van der Waals surface area contributed by atoms with Gasteiger partial charge in [-0.3, -0.25) is 0 Å². The number of halogens is 1. The first kappa shape index (κ1) is 13.7. The summed E-state index contributed by atoms with van der Waals surface area (Å²) in [6.07, 6.45) is 0. The second-order valence-electron chi connectivity index (χ2n) is 3.78. The van der Waals surface area contributed by atoms with Gasteiger partial charge in [-0.1, -0.05) is 11.6 Å². The van der Waals surface area contributed by atoms with E-state index in [-0.39, 0.29) is 39.4 Å². The van der Waals surface area contributed by atoms with Gasteiger partial charge in [0.1, 0.15) is 34.0 Å². The number of aromatic hydroxyl groups is 1. The molecule has 0 fully saturated rings. The molecule has 102 valence electrons. The minimum absolute atomic E-state index is 0.00430. The number of aromatic nitrogens is 2. The van der Waals surface area contributed by atoms with Crippen molar-refractivity contribution in [3.05, 3.63) is 22.7 Å². The summed E-state index contributed by atoms with van der Waals surface area (Å²) in [6.45, 7) is 0. The Morgan fingerprint density at radius 2 is 2.05 bits per heavy atom. The number of rotatable bonds is 2. The Balaban J connectivity index is 2.76. The normalized spacial score (nSPS) is 10.1. The maximum absolute atomic E-state index is 10.1. The molecule has 20 heavy (non-hydrogen) atoms. The van der Waals surface area contributed by atoms with E-state index in [4.69, 9.17) is 33.1 Å². The van der Waals surface area contributed by atoms with Gasteiger partial charge in [-0.25, -0.2) is 4.98 Å². The van der Waals surface area contributed by atoms with Crippen molar-refractivity contribution < 1.29 is 9.84 Å². The van der Waals surface area contributed by atoms with Crippen molar-refractivity contribution in [2.45, 2.75) is 0 Å². The fourth-order valence-corrected chi connectivity index (χ4v) is 1.94. The molecule has 7 nitrogen and oxygen atoms in total. The van der Waals surface area contributed by atoms with Crippen molar-refractivity contribution in [1.29, 1.82) is 5.26 Å². The van der Waals surface area contributed by atoms with E-state index in [9.17, 15) is 5.11 Å². The molecule has 0 bridgehead atoms. The highest BCUT2D eigenvalue weighted by molar-refractivity contribution is 6.34. The SMILES string of the molecule is COc1ccc(-c2nc(N)nc(N)c2C#N)c(O)c1Cl. The van der Waals surface area contributed by atoms with Gasteiger partial charge in [0.05, 0.1) is 12.8 Å². The smallest absolute Gasteiger partial charge is 0.222 e. The Morgan fingerprint density at radius 1 is 1.35 bits per heavy atom. The summed E-state index contributed by atoms with van der Waals surface area (Å²) in [6, 6.07) is 4.91. The van der Waals surface area contributed by atoms with Crippen molar-refractivity contribution in [3.8, 4) is 28.8 Å². The summed E-state index contributed by atoms with van der Waals surface area (Å²) in [4.78, 5) is 7.64. The molecule has 2 rings (SSSR count). The number of phenolic OH excluding ortho intramolecular Hbond substituents is 1. The number of hydrogen-bond acceptors (Lipinski definition) is 7. The number of anilines is 2. The van der Waals surface area contributed by atoms with Gasteiger partial charge >= 0.3 is 0 Å². The van der Waals surface area contributed by atoms with E-state index in [1.54, 1.807) is 0 Å². The quantitative estimate of drug-likeness (QED) is 0.764. The summed E-state index contributed by atoms with van der Waals surface area (Å²) < 4.78 is 4.98. The number of phenols is 1. The van der Waals surface area contributed by atoms with Crippen LogP contribution in [0.4, 0.5) is 11.8 Å². The molecule has 2 aromatic rings. The molecule has 0 atom stereocenters. The molecule has 0 unspecified atom stereocenters. The molecule has 5 N–H and O–H groups in total. The van der Waals surface area contributed by atoms with E-state index in [0.717, 1.165) is 0 Å². The van der Waals surface area contributed by atoms with Crippen LogP contribution >= 0.6 is 11.6 Å². The molecule has 0 radical (unpaired) electrons. The summed E-state index contributed by atoms with van der Waals surface area (Å²) in [5.41, 5.74) is 11.5. The number of nitrogens with two attached hydrogens (primary N) is 2. The van der Waals surface area contributed by atoms with Crippen molar-refractivity contribution in [2.24, 2.45) is 0 Å². The maximum Gasteiger partial charge on any atom is 0.222 e. The highest BCUT2D eigenvalue weighted by Crippen LogP contribution is 2.41. The average molecular weight is 292 g/mol. The third kappa shape index (κ3) is 2.13. The lowest BCUT2D eigenvalue weighted by Gasteiger charge is -2.11. The summed E-state index contributed by atoms with van der Waals surface area (Å²) >= 11 is 5.96. The average Bonchev–Trinajstić information content (AvgIpc) is 2.41.